The number of rotatable bonds is 7. The minimum Gasteiger partial charge on any atom is -0.494 e. The second kappa shape index (κ2) is 7.96. The number of nitrogens with zero attached hydrogens (tertiary/aromatic N) is 1. The normalized spacial score (nSPS) is 10.1. The standard InChI is InChI=1S/C17H18N2O5/c1-3-23-15-8-12(9-16(11-15)24-4-2)17(20)18-13-6-5-7-14(10-13)19(21)22/h5-11H,3-4H2,1-2H3,(H,18,20). The van der Waals surface area contributed by atoms with Crippen LogP contribution in [-0.2, 0) is 0 Å². The van der Waals surface area contributed by atoms with Crippen molar-refractivity contribution in [3.8, 4) is 11.5 Å². The largest absolute Gasteiger partial charge is 0.494 e. The first-order valence-electron chi connectivity index (χ1n) is 7.50. The average Bonchev–Trinajstić information content (AvgIpc) is 2.55. The van der Waals surface area contributed by atoms with Crippen molar-refractivity contribution in [2.45, 2.75) is 13.8 Å². The number of nitro groups is 1. The van der Waals surface area contributed by atoms with Gasteiger partial charge in [0.1, 0.15) is 11.5 Å². The van der Waals surface area contributed by atoms with E-state index in [2.05, 4.69) is 5.32 Å². The summed E-state index contributed by atoms with van der Waals surface area (Å²) >= 11 is 0. The van der Waals surface area contributed by atoms with Gasteiger partial charge in [-0.25, -0.2) is 0 Å². The maximum Gasteiger partial charge on any atom is 0.271 e. The summed E-state index contributed by atoms with van der Waals surface area (Å²) in [5, 5.41) is 13.4. The maximum atomic E-state index is 12.4. The Bertz CT molecular complexity index is 721. The first kappa shape index (κ1) is 17.3. The van der Waals surface area contributed by atoms with Gasteiger partial charge in [-0.05, 0) is 32.0 Å². The van der Waals surface area contributed by atoms with Crippen molar-refractivity contribution in [1.82, 2.24) is 0 Å². The van der Waals surface area contributed by atoms with Crippen molar-refractivity contribution in [2.24, 2.45) is 0 Å². The van der Waals surface area contributed by atoms with E-state index in [9.17, 15) is 14.9 Å². The molecule has 2 aromatic carbocycles. The van der Waals surface area contributed by atoms with Crippen LogP contribution < -0.4 is 14.8 Å². The molecule has 24 heavy (non-hydrogen) atoms. The molecule has 1 amide bonds. The van der Waals surface area contributed by atoms with Gasteiger partial charge in [-0.2, -0.15) is 0 Å². The molecule has 0 atom stereocenters. The van der Waals surface area contributed by atoms with E-state index in [0.29, 0.717) is 36.0 Å². The number of carbonyl (C=O) groups excluding carboxylic acids is 1. The SMILES string of the molecule is CCOc1cc(OCC)cc(C(=O)Nc2cccc([N+](=O)[O-])c2)c1. The van der Waals surface area contributed by atoms with Gasteiger partial charge < -0.3 is 14.8 Å². The molecule has 7 heteroatoms. The molecule has 0 aliphatic carbocycles. The summed E-state index contributed by atoms with van der Waals surface area (Å²) in [6.45, 7) is 4.61. The lowest BCUT2D eigenvalue weighted by Gasteiger charge is -2.11. The minimum absolute atomic E-state index is 0.0918. The van der Waals surface area contributed by atoms with E-state index in [-0.39, 0.29) is 5.69 Å². The van der Waals surface area contributed by atoms with Crippen molar-refractivity contribution in [3.05, 3.63) is 58.1 Å². The number of benzene rings is 2. The molecule has 0 aliphatic rings. The first-order chi connectivity index (χ1) is 11.5. The van der Waals surface area contributed by atoms with E-state index in [4.69, 9.17) is 9.47 Å². The van der Waals surface area contributed by atoms with Crippen LogP contribution in [0.5, 0.6) is 11.5 Å². The Balaban J connectivity index is 2.25. The van der Waals surface area contributed by atoms with Gasteiger partial charge in [-0.3, -0.25) is 14.9 Å². The highest BCUT2D eigenvalue weighted by Crippen LogP contribution is 2.24. The summed E-state index contributed by atoms with van der Waals surface area (Å²) in [7, 11) is 0. The van der Waals surface area contributed by atoms with Crippen molar-refractivity contribution in [2.75, 3.05) is 18.5 Å². The molecule has 0 saturated carbocycles. The molecule has 0 aromatic heterocycles. The monoisotopic (exact) mass is 330 g/mol. The first-order valence-corrected chi connectivity index (χ1v) is 7.50. The second-order valence-electron chi connectivity index (χ2n) is 4.82. The fraction of sp³-hybridized carbons (Fsp3) is 0.235. The minimum atomic E-state index is -0.515. The molecule has 126 valence electrons. The Labute approximate surface area is 139 Å². The van der Waals surface area contributed by atoms with Gasteiger partial charge in [-0.1, -0.05) is 6.07 Å². The molecule has 0 bridgehead atoms. The molecule has 2 aromatic rings. The highest BCUT2D eigenvalue weighted by molar-refractivity contribution is 6.04. The fourth-order valence-corrected chi connectivity index (χ4v) is 2.10. The maximum absolute atomic E-state index is 12.4. The highest BCUT2D eigenvalue weighted by atomic mass is 16.6. The number of nitrogens with one attached hydrogen (secondary N) is 1. The van der Waals surface area contributed by atoms with E-state index in [1.807, 2.05) is 13.8 Å². The number of nitro benzene ring substituents is 1. The lowest BCUT2D eigenvalue weighted by Crippen LogP contribution is -2.12. The number of anilines is 1. The molecule has 0 heterocycles. The molecule has 0 spiro atoms. The molecule has 1 N–H and O–H groups in total. The number of hydrogen-bond donors (Lipinski definition) is 1. The van der Waals surface area contributed by atoms with E-state index in [0.717, 1.165) is 0 Å². The number of carbonyl (C=O) groups is 1. The van der Waals surface area contributed by atoms with E-state index in [1.54, 1.807) is 24.3 Å². The molecule has 0 saturated heterocycles. The molecular formula is C17H18N2O5. The zero-order chi connectivity index (χ0) is 17.5. The van der Waals surface area contributed by atoms with Crippen LogP contribution >= 0.6 is 0 Å². The number of amides is 1. The quantitative estimate of drug-likeness (QED) is 0.618. The Hall–Kier alpha value is -3.09. The topological polar surface area (TPSA) is 90.7 Å². The van der Waals surface area contributed by atoms with Crippen LogP contribution in [0.4, 0.5) is 11.4 Å². The van der Waals surface area contributed by atoms with Gasteiger partial charge in [-0.15, -0.1) is 0 Å². The average molecular weight is 330 g/mol. The third-order valence-corrected chi connectivity index (χ3v) is 3.08. The summed E-state index contributed by atoms with van der Waals surface area (Å²) in [5.41, 5.74) is 0.593. The van der Waals surface area contributed by atoms with Crippen LogP contribution in [0.25, 0.3) is 0 Å². The smallest absolute Gasteiger partial charge is 0.271 e. The molecule has 0 fully saturated rings. The molecule has 0 unspecified atom stereocenters. The third-order valence-electron chi connectivity index (χ3n) is 3.08. The van der Waals surface area contributed by atoms with Gasteiger partial charge in [0, 0.05) is 29.4 Å². The predicted molar refractivity (Wildman–Crippen MR) is 89.8 cm³/mol. The lowest BCUT2D eigenvalue weighted by molar-refractivity contribution is -0.384. The van der Waals surface area contributed by atoms with Crippen LogP contribution in [0.1, 0.15) is 24.2 Å². The molecule has 2 rings (SSSR count). The van der Waals surface area contributed by atoms with Gasteiger partial charge in [0.05, 0.1) is 18.1 Å². The van der Waals surface area contributed by atoms with E-state index < -0.39 is 10.8 Å². The summed E-state index contributed by atoms with van der Waals surface area (Å²) in [4.78, 5) is 22.7. The van der Waals surface area contributed by atoms with Gasteiger partial charge in [0.15, 0.2) is 0 Å². The molecular weight excluding hydrogens is 312 g/mol. The van der Waals surface area contributed by atoms with Crippen LogP contribution in [0.15, 0.2) is 42.5 Å². The van der Waals surface area contributed by atoms with Crippen molar-refractivity contribution >= 4 is 17.3 Å². The summed E-state index contributed by atoms with van der Waals surface area (Å²) in [6, 6.07) is 10.7. The van der Waals surface area contributed by atoms with Crippen molar-refractivity contribution in [1.29, 1.82) is 0 Å². The Morgan fingerprint density at radius 1 is 1.08 bits per heavy atom. The van der Waals surface area contributed by atoms with Gasteiger partial charge in [0.2, 0.25) is 0 Å². The third kappa shape index (κ3) is 4.45. The van der Waals surface area contributed by atoms with Crippen molar-refractivity contribution < 1.29 is 19.2 Å². The molecule has 0 radical (unpaired) electrons. The number of ether oxygens (including phenoxy) is 2. The van der Waals surface area contributed by atoms with E-state index >= 15 is 0 Å². The van der Waals surface area contributed by atoms with Gasteiger partial charge >= 0.3 is 0 Å². The summed E-state index contributed by atoms with van der Waals surface area (Å²) in [6.07, 6.45) is 0. The zero-order valence-electron chi connectivity index (χ0n) is 13.4. The van der Waals surface area contributed by atoms with Crippen LogP contribution in [0.3, 0.4) is 0 Å². The van der Waals surface area contributed by atoms with Crippen molar-refractivity contribution in [3.63, 3.8) is 0 Å². The summed E-state index contributed by atoms with van der Waals surface area (Å²) < 4.78 is 10.9. The number of non-ortho nitro benzene ring substituents is 1. The fourth-order valence-electron chi connectivity index (χ4n) is 2.10. The Kier molecular flexibility index (Phi) is 5.73. The zero-order valence-corrected chi connectivity index (χ0v) is 13.4. The van der Waals surface area contributed by atoms with E-state index in [1.165, 1.54) is 18.2 Å². The second-order valence-corrected chi connectivity index (χ2v) is 4.82. The Morgan fingerprint density at radius 3 is 2.25 bits per heavy atom. The van der Waals surface area contributed by atoms with Crippen LogP contribution in [-0.4, -0.2) is 24.0 Å². The van der Waals surface area contributed by atoms with Crippen LogP contribution in [0.2, 0.25) is 0 Å². The van der Waals surface area contributed by atoms with Gasteiger partial charge in [0.25, 0.3) is 11.6 Å². The number of hydrogen-bond acceptors (Lipinski definition) is 5. The highest BCUT2D eigenvalue weighted by Gasteiger charge is 2.12. The predicted octanol–water partition coefficient (Wildman–Crippen LogP) is 3.64. The molecule has 7 nitrogen and oxygen atoms in total. The lowest BCUT2D eigenvalue weighted by atomic mass is 10.1. The summed E-state index contributed by atoms with van der Waals surface area (Å²) in [5.74, 6) is 0.637. The van der Waals surface area contributed by atoms with Crippen LogP contribution in [0, 0.1) is 10.1 Å². The Morgan fingerprint density at radius 2 is 1.71 bits per heavy atom. The molecule has 0 aliphatic heterocycles.